The van der Waals surface area contributed by atoms with E-state index < -0.39 is 10.0 Å². The maximum Gasteiger partial charge on any atom is 0.243 e. The van der Waals surface area contributed by atoms with Gasteiger partial charge in [0.1, 0.15) is 0 Å². The van der Waals surface area contributed by atoms with Crippen LogP contribution < -0.4 is 0 Å². The zero-order chi connectivity index (χ0) is 16.4. The number of hydrogen-bond donors (Lipinski definition) is 0. The van der Waals surface area contributed by atoms with Crippen molar-refractivity contribution in [3.63, 3.8) is 0 Å². The Morgan fingerprint density at radius 2 is 1.65 bits per heavy atom. The minimum absolute atomic E-state index is 0.194. The first-order valence-corrected chi connectivity index (χ1v) is 9.24. The summed E-state index contributed by atoms with van der Waals surface area (Å²) in [4.78, 5) is 0.365. The Morgan fingerprint density at radius 1 is 1.00 bits per heavy atom. The molecular weight excluding hydrogens is 306 g/mol. The highest BCUT2D eigenvalue weighted by molar-refractivity contribution is 7.89. The molecule has 3 nitrogen and oxygen atoms in total. The number of nitrogens with zero attached hydrogens (tertiary/aromatic N) is 1. The first-order chi connectivity index (χ1) is 11.0. The molecule has 1 heterocycles. The van der Waals surface area contributed by atoms with Gasteiger partial charge in [0.15, 0.2) is 0 Å². The van der Waals surface area contributed by atoms with Gasteiger partial charge in [-0.15, -0.1) is 0 Å². The first-order valence-electron chi connectivity index (χ1n) is 7.80. The van der Waals surface area contributed by atoms with Crippen LogP contribution in [0.15, 0.2) is 65.6 Å². The highest BCUT2D eigenvalue weighted by Crippen LogP contribution is 2.28. The largest absolute Gasteiger partial charge is 0.243 e. The van der Waals surface area contributed by atoms with E-state index in [2.05, 4.69) is 13.0 Å². The summed E-state index contributed by atoms with van der Waals surface area (Å²) in [6, 6.07) is 17.1. The van der Waals surface area contributed by atoms with Crippen molar-refractivity contribution in [2.45, 2.75) is 18.7 Å². The molecule has 0 saturated carbocycles. The van der Waals surface area contributed by atoms with E-state index in [1.165, 1.54) is 0 Å². The number of benzene rings is 2. The minimum Gasteiger partial charge on any atom is -0.207 e. The monoisotopic (exact) mass is 327 g/mol. The van der Waals surface area contributed by atoms with E-state index in [1.54, 1.807) is 16.4 Å². The predicted molar refractivity (Wildman–Crippen MR) is 93.5 cm³/mol. The van der Waals surface area contributed by atoms with Gasteiger partial charge in [-0.25, -0.2) is 8.42 Å². The van der Waals surface area contributed by atoms with Gasteiger partial charge in [-0.2, -0.15) is 4.31 Å². The Labute approximate surface area is 138 Å². The average Bonchev–Trinajstić information content (AvgIpc) is 2.55. The summed E-state index contributed by atoms with van der Waals surface area (Å²) in [5.74, 6) is 0.194. The molecule has 1 atom stereocenters. The molecule has 0 N–H and O–H groups in total. The quantitative estimate of drug-likeness (QED) is 0.861. The van der Waals surface area contributed by atoms with E-state index in [1.807, 2.05) is 49.4 Å². The lowest BCUT2D eigenvalue weighted by Gasteiger charge is -2.30. The Hall–Kier alpha value is -1.91. The van der Waals surface area contributed by atoms with E-state index in [-0.39, 0.29) is 5.92 Å². The minimum atomic E-state index is -3.46. The molecule has 3 rings (SSSR count). The fraction of sp³-hybridized carbons (Fsp3) is 0.263. The van der Waals surface area contributed by atoms with E-state index in [4.69, 9.17) is 0 Å². The molecule has 120 valence electrons. The molecule has 0 fully saturated rings. The lowest BCUT2D eigenvalue weighted by Crippen LogP contribution is -2.38. The van der Waals surface area contributed by atoms with Crippen molar-refractivity contribution >= 4 is 15.6 Å². The van der Waals surface area contributed by atoms with Crippen LogP contribution >= 0.6 is 0 Å². The summed E-state index contributed by atoms with van der Waals surface area (Å²) in [6.45, 7) is 4.95. The van der Waals surface area contributed by atoms with Crippen LogP contribution in [0.1, 0.15) is 18.1 Å². The van der Waals surface area contributed by atoms with Crippen molar-refractivity contribution in [3.8, 4) is 0 Å². The van der Waals surface area contributed by atoms with Gasteiger partial charge >= 0.3 is 0 Å². The van der Waals surface area contributed by atoms with Crippen molar-refractivity contribution in [1.82, 2.24) is 4.31 Å². The lowest BCUT2D eigenvalue weighted by molar-refractivity contribution is 0.400. The van der Waals surface area contributed by atoms with Crippen molar-refractivity contribution in [1.29, 1.82) is 0 Å². The van der Waals surface area contributed by atoms with Crippen molar-refractivity contribution < 1.29 is 8.42 Å². The van der Waals surface area contributed by atoms with E-state index in [0.29, 0.717) is 18.0 Å². The first kappa shape index (κ1) is 16.0. The van der Waals surface area contributed by atoms with Gasteiger partial charge in [0.2, 0.25) is 10.0 Å². The summed E-state index contributed by atoms with van der Waals surface area (Å²) in [7, 11) is -3.46. The van der Waals surface area contributed by atoms with Gasteiger partial charge in [-0.05, 0) is 36.1 Å². The zero-order valence-corrected chi connectivity index (χ0v) is 14.3. The van der Waals surface area contributed by atoms with Gasteiger partial charge in [0, 0.05) is 13.1 Å². The molecule has 23 heavy (non-hydrogen) atoms. The van der Waals surface area contributed by atoms with Crippen LogP contribution in [-0.2, 0) is 10.0 Å². The molecule has 0 aromatic heterocycles. The summed E-state index contributed by atoms with van der Waals surface area (Å²) in [5, 5.41) is 0. The maximum atomic E-state index is 12.9. The average molecular weight is 327 g/mol. The molecule has 1 unspecified atom stereocenters. The van der Waals surface area contributed by atoms with Crippen LogP contribution in [0.4, 0.5) is 0 Å². The SMILES string of the molecule is Cc1ccc(S(=O)(=O)N2CC(c3ccccc3)=CC(C)C2)cc1. The fourth-order valence-electron chi connectivity index (χ4n) is 2.91. The molecule has 1 aliphatic rings. The number of sulfonamides is 1. The topological polar surface area (TPSA) is 37.4 Å². The van der Waals surface area contributed by atoms with Crippen LogP contribution in [0, 0.1) is 12.8 Å². The van der Waals surface area contributed by atoms with Gasteiger partial charge in [0.25, 0.3) is 0 Å². The zero-order valence-electron chi connectivity index (χ0n) is 13.4. The smallest absolute Gasteiger partial charge is 0.207 e. The summed E-state index contributed by atoms with van der Waals surface area (Å²) in [5.41, 5.74) is 3.21. The third kappa shape index (κ3) is 3.38. The van der Waals surface area contributed by atoms with E-state index in [9.17, 15) is 8.42 Å². The fourth-order valence-corrected chi connectivity index (χ4v) is 4.43. The lowest BCUT2D eigenvalue weighted by atomic mass is 9.97. The molecule has 4 heteroatoms. The second-order valence-electron chi connectivity index (χ2n) is 6.15. The standard InChI is InChI=1S/C19H21NO2S/c1-15-8-10-19(11-9-15)23(21,22)20-13-16(2)12-18(14-20)17-6-4-3-5-7-17/h3-12,16H,13-14H2,1-2H3. The maximum absolute atomic E-state index is 12.9. The predicted octanol–water partition coefficient (Wildman–Crippen LogP) is 3.72. The molecule has 0 spiro atoms. The summed E-state index contributed by atoms with van der Waals surface area (Å²) < 4.78 is 27.4. The number of rotatable bonds is 3. The summed E-state index contributed by atoms with van der Waals surface area (Å²) >= 11 is 0. The molecule has 0 bridgehead atoms. The van der Waals surface area contributed by atoms with Crippen LogP contribution in [0.25, 0.3) is 5.57 Å². The van der Waals surface area contributed by atoms with Gasteiger partial charge in [-0.1, -0.05) is 61.0 Å². The Balaban J connectivity index is 1.92. The van der Waals surface area contributed by atoms with Crippen LogP contribution in [0.3, 0.4) is 0 Å². The molecular formula is C19H21NO2S. The Bertz CT molecular complexity index is 808. The molecule has 2 aromatic rings. The van der Waals surface area contributed by atoms with Crippen molar-refractivity contribution in [3.05, 3.63) is 71.8 Å². The second kappa shape index (κ2) is 6.30. The number of hydrogen-bond acceptors (Lipinski definition) is 2. The normalized spacial score (nSPS) is 19.4. The third-order valence-corrected chi connectivity index (χ3v) is 5.95. The van der Waals surface area contributed by atoms with Crippen LogP contribution in [0.5, 0.6) is 0 Å². The Kier molecular flexibility index (Phi) is 4.37. The van der Waals surface area contributed by atoms with Crippen LogP contribution in [-0.4, -0.2) is 25.8 Å². The Morgan fingerprint density at radius 3 is 2.30 bits per heavy atom. The van der Waals surface area contributed by atoms with E-state index >= 15 is 0 Å². The highest BCUT2D eigenvalue weighted by Gasteiger charge is 2.29. The number of aryl methyl sites for hydroxylation is 1. The molecule has 0 aliphatic carbocycles. The molecule has 2 aromatic carbocycles. The van der Waals surface area contributed by atoms with E-state index in [0.717, 1.165) is 16.7 Å². The molecule has 1 aliphatic heterocycles. The molecule has 0 saturated heterocycles. The summed E-state index contributed by atoms with van der Waals surface area (Å²) in [6.07, 6.45) is 2.18. The highest BCUT2D eigenvalue weighted by atomic mass is 32.2. The molecule has 0 amide bonds. The second-order valence-corrected chi connectivity index (χ2v) is 8.08. The molecule has 0 radical (unpaired) electrons. The van der Waals surface area contributed by atoms with Gasteiger partial charge in [0.05, 0.1) is 4.90 Å². The third-order valence-electron chi connectivity index (χ3n) is 4.13. The van der Waals surface area contributed by atoms with Gasteiger partial charge < -0.3 is 0 Å². The van der Waals surface area contributed by atoms with Crippen molar-refractivity contribution in [2.75, 3.05) is 13.1 Å². The van der Waals surface area contributed by atoms with Crippen LogP contribution in [0.2, 0.25) is 0 Å². The van der Waals surface area contributed by atoms with Gasteiger partial charge in [-0.3, -0.25) is 0 Å². The van der Waals surface area contributed by atoms with Crippen molar-refractivity contribution in [2.24, 2.45) is 5.92 Å².